The Bertz CT molecular complexity index is 1070. The molecule has 12 heteroatoms. The molecule has 12 nitrogen and oxygen atoms in total. The van der Waals surface area contributed by atoms with E-state index in [0.29, 0.717) is 18.2 Å². The van der Waals surface area contributed by atoms with Crippen molar-refractivity contribution in [3.63, 3.8) is 0 Å². The van der Waals surface area contributed by atoms with Gasteiger partial charge in [-0.05, 0) is 58.9 Å². The van der Waals surface area contributed by atoms with Crippen LogP contribution in [0.5, 0.6) is 5.75 Å². The van der Waals surface area contributed by atoms with E-state index < -0.39 is 5.91 Å². The van der Waals surface area contributed by atoms with Crippen LogP contribution >= 0.6 is 0 Å². The van der Waals surface area contributed by atoms with Crippen LogP contribution in [0.2, 0.25) is 0 Å². The molecule has 3 heterocycles. The minimum atomic E-state index is -0.504. The largest absolute Gasteiger partial charge is 0.508 e. The van der Waals surface area contributed by atoms with Gasteiger partial charge in [-0.15, -0.1) is 5.10 Å². The molecule has 0 bridgehead atoms. The standard InChI is InChI=1S/C19H23N9O3/c1-12-6-8-27(9-7-12)11-15-16(22-26-28(15)18-17(20)24-31-25-18)19(30)23-21-10-13-2-4-14(29)5-3-13/h2-5,10,12,29H,6-9,11H2,1H3,(H2,20,24)(H,23,30)/p+1/b21-10+. The summed E-state index contributed by atoms with van der Waals surface area (Å²) in [6.07, 6.45) is 3.70. The van der Waals surface area contributed by atoms with Crippen LogP contribution in [0.3, 0.4) is 0 Å². The van der Waals surface area contributed by atoms with Crippen molar-refractivity contribution in [2.24, 2.45) is 11.0 Å². The normalized spacial score (nSPS) is 19.0. The number of likely N-dealkylation sites (tertiary alicyclic amines) is 1. The van der Waals surface area contributed by atoms with E-state index in [1.54, 1.807) is 12.1 Å². The van der Waals surface area contributed by atoms with Crippen molar-refractivity contribution in [2.75, 3.05) is 18.8 Å². The lowest BCUT2D eigenvalue weighted by atomic mass is 9.99. The first-order valence-electron chi connectivity index (χ1n) is 10.00. The topological polar surface area (TPSA) is 162 Å². The second-order valence-corrected chi connectivity index (χ2v) is 7.67. The summed E-state index contributed by atoms with van der Waals surface area (Å²) in [4.78, 5) is 14.1. The number of quaternary nitrogens is 1. The summed E-state index contributed by atoms with van der Waals surface area (Å²) in [5.74, 6) is 0.596. The Labute approximate surface area is 177 Å². The van der Waals surface area contributed by atoms with Crippen LogP contribution in [0, 0.1) is 5.92 Å². The third-order valence-corrected chi connectivity index (χ3v) is 5.35. The number of nitrogens with two attached hydrogens (primary N) is 1. The SMILES string of the molecule is CC1CC[NH+](Cc2c(C(=O)N/N=C/c3ccc(O)cc3)nnn2-c2nonc2N)CC1. The molecule has 0 spiro atoms. The highest BCUT2D eigenvalue weighted by Crippen LogP contribution is 2.16. The zero-order chi connectivity index (χ0) is 21.8. The summed E-state index contributed by atoms with van der Waals surface area (Å²) < 4.78 is 6.09. The predicted octanol–water partition coefficient (Wildman–Crippen LogP) is -0.483. The van der Waals surface area contributed by atoms with E-state index in [1.807, 2.05) is 0 Å². The van der Waals surface area contributed by atoms with Gasteiger partial charge in [0.2, 0.25) is 11.6 Å². The Morgan fingerprint density at radius 3 is 2.77 bits per heavy atom. The number of aromatic nitrogens is 5. The molecule has 0 saturated carbocycles. The molecule has 4 rings (SSSR count). The Hall–Kier alpha value is -3.80. The van der Waals surface area contributed by atoms with Crippen LogP contribution in [0.25, 0.3) is 5.82 Å². The molecule has 0 unspecified atom stereocenters. The van der Waals surface area contributed by atoms with Crippen LogP contribution < -0.4 is 16.1 Å². The second kappa shape index (κ2) is 8.92. The van der Waals surface area contributed by atoms with Crippen LogP contribution in [0.15, 0.2) is 34.0 Å². The average molecular weight is 426 g/mol. The number of rotatable bonds is 6. The fourth-order valence-electron chi connectivity index (χ4n) is 3.51. The zero-order valence-electron chi connectivity index (χ0n) is 17.0. The third kappa shape index (κ3) is 4.69. The van der Waals surface area contributed by atoms with Gasteiger partial charge in [-0.25, -0.2) is 10.1 Å². The highest BCUT2D eigenvalue weighted by Gasteiger charge is 2.28. The van der Waals surface area contributed by atoms with Gasteiger partial charge in [0.1, 0.15) is 18.0 Å². The number of piperidine rings is 1. The van der Waals surface area contributed by atoms with Gasteiger partial charge in [0, 0.05) is 0 Å². The summed E-state index contributed by atoms with van der Waals surface area (Å²) in [5.41, 5.74) is 9.71. The van der Waals surface area contributed by atoms with Crippen molar-refractivity contribution < 1.29 is 19.4 Å². The molecular weight excluding hydrogens is 402 g/mol. The highest BCUT2D eigenvalue weighted by molar-refractivity contribution is 5.94. The number of nitrogen functional groups attached to an aromatic ring is 1. The van der Waals surface area contributed by atoms with Crippen molar-refractivity contribution in [3.05, 3.63) is 41.2 Å². The Morgan fingerprint density at radius 2 is 2.10 bits per heavy atom. The van der Waals surface area contributed by atoms with Gasteiger partial charge in [-0.2, -0.15) is 9.78 Å². The maximum absolute atomic E-state index is 12.8. The number of phenols is 1. The van der Waals surface area contributed by atoms with Crippen molar-refractivity contribution >= 4 is 17.9 Å². The molecule has 1 aliphatic heterocycles. The first-order valence-corrected chi connectivity index (χ1v) is 10.00. The third-order valence-electron chi connectivity index (χ3n) is 5.35. The lowest BCUT2D eigenvalue weighted by Crippen LogP contribution is -3.11. The lowest BCUT2D eigenvalue weighted by molar-refractivity contribution is -0.920. The Morgan fingerprint density at radius 1 is 1.35 bits per heavy atom. The summed E-state index contributed by atoms with van der Waals surface area (Å²) in [6.45, 7) is 4.74. The fraction of sp³-hybridized carbons (Fsp3) is 0.368. The second-order valence-electron chi connectivity index (χ2n) is 7.67. The van der Waals surface area contributed by atoms with Gasteiger partial charge in [0.05, 0.1) is 19.3 Å². The van der Waals surface area contributed by atoms with Gasteiger partial charge in [0.25, 0.3) is 5.91 Å². The number of nitrogens with zero attached hydrogens (tertiary/aromatic N) is 6. The quantitative estimate of drug-likeness (QED) is 0.303. The first kappa shape index (κ1) is 20.5. The van der Waals surface area contributed by atoms with E-state index in [4.69, 9.17) is 5.73 Å². The smallest absolute Gasteiger partial charge is 0.294 e. The molecule has 0 aliphatic carbocycles. The van der Waals surface area contributed by atoms with Crippen LogP contribution in [-0.4, -0.2) is 55.6 Å². The molecule has 0 radical (unpaired) electrons. The van der Waals surface area contributed by atoms with Gasteiger partial charge >= 0.3 is 0 Å². The number of carbonyl (C=O) groups is 1. The van der Waals surface area contributed by atoms with Crippen molar-refractivity contribution in [1.82, 2.24) is 30.7 Å². The molecule has 1 aromatic carbocycles. The minimum Gasteiger partial charge on any atom is -0.508 e. The number of hydrazone groups is 1. The molecule has 162 valence electrons. The van der Waals surface area contributed by atoms with Gasteiger partial charge in [-0.1, -0.05) is 12.1 Å². The van der Waals surface area contributed by atoms with Crippen molar-refractivity contribution in [1.29, 1.82) is 0 Å². The number of hydrogen-bond acceptors (Lipinski definition) is 9. The Kier molecular flexibility index (Phi) is 5.89. The van der Waals surface area contributed by atoms with Gasteiger partial charge < -0.3 is 15.7 Å². The molecule has 31 heavy (non-hydrogen) atoms. The van der Waals surface area contributed by atoms with Crippen molar-refractivity contribution in [3.8, 4) is 11.6 Å². The molecular formula is C19H24N9O3+. The molecule has 0 atom stereocenters. The van der Waals surface area contributed by atoms with Crippen LogP contribution in [0.4, 0.5) is 5.82 Å². The molecule has 1 amide bonds. The summed E-state index contributed by atoms with van der Waals surface area (Å²) in [5, 5.41) is 28.8. The predicted molar refractivity (Wildman–Crippen MR) is 110 cm³/mol. The number of hydrogen-bond donors (Lipinski definition) is 4. The fourth-order valence-corrected chi connectivity index (χ4v) is 3.51. The van der Waals surface area contributed by atoms with Crippen LogP contribution in [0.1, 0.15) is 41.5 Å². The monoisotopic (exact) mass is 426 g/mol. The van der Waals surface area contributed by atoms with Crippen LogP contribution in [-0.2, 0) is 6.54 Å². The zero-order valence-corrected chi connectivity index (χ0v) is 17.0. The Balaban J connectivity index is 1.55. The van der Waals surface area contributed by atoms with Gasteiger partial charge in [0.15, 0.2) is 5.69 Å². The maximum Gasteiger partial charge on any atom is 0.294 e. The lowest BCUT2D eigenvalue weighted by Gasteiger charge is -2.27. The van der Waals surface area contributed by atoms with E-state index >= 15 is 0 Å². The van der Waals surface area contributed by atoms with E-state index in [0.717, 1.165) is 31.5 Å². The number of phenolic OH excluding ortho intramolecular Hbond substituents is 1. The summed E-state index contributed by atoms with van der Waals surface area (Å²) in [7, 11) is 0. The number of carbonyl (C=O) groups excluding carboxylic acids is 1. The number of anilines is 1. The molecule has 1 saturated heterocycles. The summed E-state index contributed by atoms with van der Waals surface area (Å²) in [6, 6.07) is 6.42. The first-order chi connectivity index (χ1) is 15.0. The van der Waals surface area contributed by atoms with Gasteiger partial charge in [-0.3, -0.25) is 4.79 Å². The van der Waals surface area contributed by atoms with E-state index in [1.165, 1.54) is 27.9 Å². The number of nitrogens with one attached hydrogen (secondary N) is 2. The number of benzene rings is 1. The van der Waals surface area contributed by atoms with E-state index in [9.17, 15) is 9.90 Å². The molecule has 5 N–H and O–H groups in total. The molecule has 2 aromatic heterocycles. The van der Waals surface area contributed by atoms with E-state index in [-0.39, 0.29) is 23.1 Å². The summed E-state index contributed by atoms with van der Waals surface area (Å²) >= 11 is 0. The van der Waals surface area contributed by atoms with Crippen molar-refractivity contribution in [2.45, 2.75) is 26.3 Å². The maximum atomic E-state index is 12.8. The molecule has 1 fully saturated rings. The number of amides is 1. The van der Waals surface area contributed by atoms with E-state index in [2.05, 4.69) is 42.7 Å². The minimum absolute atomic E-state index is 0.0609. The highest BCUT2D eigenvalue weighted by atomic mass is 16.6. The average Bonchev–Trinajstić information content (AvgIpc) is 3.37. The molecule has 3 aromatic rings. The number of aromatic hydroxyl groups is 1. The molecule has 1 aliphatic rings.